The number of anilines is 3. The van der Waals surface area contributed by atoms with Crippen molar-refractivity contribution >= 4 is 29.1 Å². The Bertz CT molecular complexity index is 821. The minimum Gasteiger partial charge on any atom is -0.352 e. The van der Waals surface area contributed by atoms with E-state index in [2.05, 4.69) is 25.6 Å². The highest BCUT2D eigenvalue weighted by Gasteiger charge is 2.08. The second-order valence-corrected chi connectivity index (χ2v) is 6.07. The van der Waals surface area contributed by atoms with Gasteiger partial charge >= 0.3 is 0 Å². The van der Waals surface area contributed by atoms with E-state index in [0.29, 0.717) is 16.8 Å². The van der Waals surface area contributed by atoms with Crippen LogP contribution in [0.2, 0.25) is 5.02 Å². The summed E-state index contributed by atoms with van der Waals surface area (Å²) in [6.07, 6.45) is 3.49. The van der Waals surface area contributed by atoms with Crippen LogP contribution in [0, 0.1) is 0 Å². The summed E-state index contributed by atoms with van der Waals surface area (Å²) in [4.78, 5) is 13.2. The molecule has 6 heteroatoms. The van der Waals surface area contributed by atoms with Gasteiger partial charge in [-0.2, -0.15) is 4.98 Å². The summed E-state index contributed by atoms with van der Waals surface area (Å²) in [7, 11) is 0. The molecular weight excluding hydrogens is 322 g/mol. The second kappa shape index (κ2) is 7.27. The van der Waals surface area contributed by atoms with Gasteiger partial charge < -0.3 is 10.6 Å². The Labute approximate surface area is 146 Å². The van der Waals surface area contributed by atoms with Crippen LogP contribution < -0.4 is 10.6 Å². The van der Waals surface area contributed by atoms with E-state index in [1.54, 1.807) is 12.4 Å². The second-order valence-electron chi connectivity index (χ2n) is 5.63. The molecule has 0 radical (unpaired) electrons. The molecule has 2 heterocycles. The molecule has 5 nitrogen and oxygen atoms in total. The van der Waals surface area contributed by atoms with Crippen LogP contribution in [0.4, 0.5) is 17.5 Å². The maximum atomic E-state index is 6.05. The number of hydrogen-bond acceptors (Lipinski definition) is 5. The Morgan fingerprint density at radius 3 is 2.50 bits per heavy atom. The largest absolute Gasteiger partial charge is 0.352 e. The number of aromatic nitrogens is 3. The van der Waals surface area contributed by atoms with Gasteiger partial charge in [0.05, 0.1) is 5.69 Å². The maximum absolute atomic E-state index is 6.05. The third kappa shape index (κ3) is 4.20. The first kappa shape index (κ1) is 16.2. The monoisotopic (exact) mass is 339 g/mol. The molecule has 0 fully saturated rings. The number of nitrogens with zero attached hydrogens (tertiary/aromatic N) is 3. The number of halogens is 1. The van der Waals surface area contributed by atoms with Crippen molar-refractivity contribution in [3.05, 3.63) is 59.9 Å². The number of benzene rings is 1. The van der Waals surface area contributed by atoms with Gasteiger partial charge in [0.25, 0.3) is 0 Å². The van der Waals surface area contributed by atoms with Crippen LogP contribution in [0.15, 0.2) is 54.9 Å². The Balaban J connectivity index is 1.98. The van der Waals surface area contributed by atoms with Crippen molar-refractivity contribution < 1.29 is 0 Å². The molecule has 2 N–H and O–H groups in total. The van der Waals surface area contributed by atoms with Crippen LogP contribution in [0.25, 0.3) is 11.3 Å². The summed E-state index contributed by atoms with van der Waals surface area (Å²) in [5, 5.41) is 7.20. The van der Waals surface area contributed by atoms with Crippen LogP contribution >= 0.6 is 11.6 Å². The van der Waals surface area contributed by atoms with Crippen molar-refractivity contribution in [2.45, 2.75) is 19.9 Å². The lowest BCUT2D eigenvalue weighted by atomic mass is 10.2. The Kier molecular flexibility index (Phi) is 4.91. The molecule has 0 bridgehead atoms. The lowest BCUT2D eigenvalue weighted by Gasteiger charge is -2.13. The molecule has 3 rings (SSSR count). The molecule has 0 spiro atoms. The van der Waals surface area contributed by atoms with Crippen molar-refractivity contribution in [2.75, 3.05) is 10.6 Å². The summed E-state index contributed by atoms with van der Waals surface area (Å²) < 4.78 is 0. The van der Waals surface area contributed by atoms with Crippen molar-refractivity contribution in [3.8, 4) is 11.3 Å². The van der Waals surface area contributed by atoms with Crippen LogP contribution in [-0.2, 0) is 0 Å². The zero-order valence-corrected chi connectivity index (χ0v) is 14.2. The van der Waals surface area contributed by atoms with Crippen LogP contribution in [0.3, 0.4) is 0 Å². The molecule has 0 saturated carbocycles. The third-order valence-corrected chi connectivity index (χ3v) is 3.45. The van der Waals surface area contributed by atoms with Crippen LogP contribution in [-0.4, -0.2) is 21.0 Å². The summed E-state index contributed by atoms with van der Waals surface area (Å²) >= 11 is 6.05. The van der Waals surface area contributed by atoms with E-state index >= 15 is 0 Å². The van der Waals surface area contributed by atoms with E-state index in [9.17, 15) is 0 Å². The minimum absolute atomic E-state index is 0.233. The van der Waals surface area contributed by atoms with Crippen molar-refractivity contribution in [3.63, 3.8) is 0 Å². The van der Waals surface area contributed by atoms with E-state index in [1.807, 2.05) is 56.3 Å². The molecule has 0 amide bonds. The Morgan fingerprint density at radius 2 is 1.79 bits per heavy atom. The molecule has 0 aliphatic rings. The van der Waals surface area contributed by atoms with Gasteiger partial charge in [-0.15, -0.1) is 0 Å². The minimum atomic E-state index is 0.233. The number of pyridine rings is 1. The van der Waals surface area contributed by atoms with E-state index in [0.717, 1.165) is 16.9 Å². The fourth-order valence-corrected chi connectivity index (χ4v) is 2.41. The van der Waals surface area contributed by atoms with Gasteiger partial charge in [-0.25, -0.2) is 4.98 Å². The molecule has 0 aliphatic carbocycles. The zero-order valence-electron chi connectivity index (χ0n) is 13.5. The SMILES string of the molecule is CC(C)Nc1nc(Nc2cccc(Cl)c2)cc(-c2ccncc2)n1. The van der Waals surface area contributed by atoms with E-state index in [-0.39, 0.29) is 6.04 Å². The molecule has 2 aromatic heterocycles. The zero-order chi connectivity index (χ0) is 16.9. The molecule has 1 aromatic carbocycles. The number of rotatable bonds is 5. The number of nitrogens with one attached hydrogen (secondary N) is 2. The van der Waals surface area contributed by atoms with Crippen LogP contribution in [0.5, 0.6) is 0 Å². The van der Waals surface area contributed by atoms with E-state index in [1.165, 1.54) is 0 Å². The Morgan fingerprint density at radius 1 is 1.00 bits per heavy atom. The molecule has 24 heavy (non-hydrogen) atoms. The standard InChI is InChI=1S/C18H18ClN5/c1-12(2)21-18-23-16(13-6-8-20-9-7-13)11-17(24-18)22-15-5-3-4-14(19)10-15/h3-12H,1-2H3,(H2,21,22,23,24). The first-order valence-corrected chi connectivity index (χ1v) is 8.06. The fourth-order valence-electron chi connectivity index (χ4n) is 2.22. The van der Waals surface area contributed by atoms with Gasteiger partial charge in [-0.1, -0.05) is 17.7 Å². The highest BCUT2D eigenvalue weighted by molar-refractivity contribution is 6.30. The van der Waals surface area contributed by atoms with Crippen molar-refractivity contribution in [1.82, 2.24) is 15.0 Å². The maximum Gasteiger partial charge on any atom is 0.225 e. The van der Waals surface area contributed by atoms with Gasteiger partial charge in [-0.05, 0) is 44.2 Å². The van der Waals surface area contributed by atoms with E-state index < -0.39 is 0 Å². The van der Waals surface area contributed by atoms with Gasteiger partial charge in [0, 0.05) is 40.8 Å². The van der Waals surface area contributed by atoms with Crippen LogP contribution in [0.1, 0.15) is 13.8 Å². The predicted molar refractivity (Wildman–Crippen MR) is 98.8 cm³/mol. The average molecular weight is 340 g/mol. The Hall–Kier alpha value is -2.66. The van der Waals surface area contributed by atoms with Crippen molar-refractivity contribution in [1.29, 1.82) is 0 Å². The first-order chi connectivity index (χ1) is 11.6. The topological polar surface area (TPSA) is 62.7 Å². The summed E-state index contributed by atoms with van der Waals surface area (Å²) in [5.74, 6) is 1.27. The average Bonchev–Trinajstić information content (AvgIpc) is 2.55. The highest BCUT2D eigenvalue weighted by Crippen LogP contribution is 2.24. The third-order valence-electron chi connectivity index (χ3n) is 3.22. The van der Waals surface area contributed by atoms with Gasteiger partial charge in [0.2, 0.25) is 5.95 Å². The molecule has 3 aromatic rings. The van der Waals surface area contributed by atoms with Gasteiger partial charge in [-0.3, -0.25) is 4.98 Å². The normalized spacial score (nSPS) is 10.7. The smallest absolute Gasteiger partial charge is 0.225 e. The summed E-state index contributed by atoms with van der Waals surface area (Å²) in [6.45, 7) is 4.10. The number of hydrogen-bond donors (Lipinski definition) is 2. The van der Waals surface area contributed by atoms with Gasteiger partial charge in [0.1, 0.15) is 5.82 Å². The first-order valence-electron chi connectivity index (χ1n) is 7.69. The lowest BCUT2D eigenvalue weighted by Crippen LogP contribution is -2.13. The molecule has 0 unspecified atom stereocenters. The molecule has 122 valence electrons. The molecule has 0 aliphatic heterocycles. The summed E-state index contributed by atoms with van der Waals surface area (Å²) in [6, 6.07) is 13.5. The van der Waals surface area contributed by atoms with Gasteiger partial charge in [0.15, 0.2) is 0 Å². The quantitative estimate of drug-likeness (QED) is 0.702. The van der Waals surface area contributed by atoms with E-state index in [4.69, 9.17) is 11.6 Å². The molecule has 0 saturated heterocycles. The van der Waals surface area contributed by atoms with Crippen molar-refractivity contribution in [2.24, 2.45) is 0 Å². The lowest BCUT2D eigenvalue weighted by molar-refractivity contribution is 0.876. The molecular formula is C18H18ClN5. The predicted octanol–water partition coefficient (Wildman–Crippen LogP) is 4.76. The fraction of sp³-hybridized carbons (Fsp3) is 0.167. The highest BCUT2D eigenvalue weighted by atomic mass is 35.5. The summed E-state index contributed by atoms with van der Waals surface area (Å²) in [5.41, 5.74) is 2.67. The molecule has 0 atom stereocenters.